The maximum Gasteiger partial charge on any atom is 0.320 e. The largest absolute Gasteiger partial charge is 0.468 e. The van der Waals surface area contributed by atoms with Gasteiger partial charge in [0.15, 0.2) is 11.7 Å². The third-order valence-corrected chi connectivity index (χ3v) is 4.00. The van der Waals surface area contributed by atoms with Crippen molar-refractivity contribution in [2.24, 2.45) is 28.6 Å². The average molecular weight is 340 g/mol. The lowest BCUT2D eigenvalue weighted by molar-refractivity contribution is -0.165. The van der Waals surface area contributed by atoms with Crippen LogP contribution in [0.15, 0.2) is 12.2 Å². The molecule has 0 bridgehead atoms. The fourth-order valence-electron chi connectivity index (χ4n) is 2.84. The van der Waals surface area contributed by atoms with E-state index in [1.54, 1.807) is 6.92 Å². The first kappa shape index (κ1) is 22.4. The highest BCUT2D eigenvalue weighted by Gasteiger charge is 2.47. The van der Waals surface area contributed by atoms with Crippen molar-refractivity contribution in [2.75, 3.05) is 14.2 Å². The van der Waals surface area contributed by atoms with Crippen LogP contribution in [0.2, 0.25) is 0 Å². The minimum absolute atomic E-state index is 0.123. The molecule has 0 aromatic heterocycles. The van der Waals surface area contributed by atoms with Crippen LogP contribution in [0, 0.1) is 28.6 Å². The summed E-state index contributed by atoms with van der Waals surface area (Å²) in [5, 5.41) is 0. The van der Waals surface area contributed by atoms with Gasteiger partial charge in [0.05, 0.1) is 14.2 Å². The van der Waals surface area contributed by atoms with E-state index in [0.717, 1.165) is 0 Å². The van der Waals surface area contributed by atoms with Gasteiger partial charge < -0.3 is 9.47 Å². The summed E-state index contributed by atoms with van der Waals surface area (Å²) >= 11 is 0. The molecule has 0 aliphatic carbocycles. The van der Waals surface area contributed by atoms with Crippen molar-refractivity contribution in [3.05, 3.63) is 12.2 Å². The Kier molecular flexibility index (Phi) is 7.87. The van der Waals surface area contributed by atoms with E-state index in [9.17, 15) is 14.4 Å². The number of ketones is 1. The van der Waals surface area contributed by atoms with Crippen LogP contribution in [0.4, 0.5) is 0 Å². The summed E-state index contributed by atoms with van der Waals surface area (Å²) in [6, 6.07) is 0. The topological polar surface area (TPSA) is 69.7 Å². The van der Waals surface area contributed by atoms with Gasteiger partial charge in [0.2, 0.25) is 0 Å². The summed E-state index contributed by atoms with van der Waals surface area (Å²) in [7, 11) is 2.45. The van der Waals surface area contributed by atoms with Gasteiger partial charge in [-0.05, 0) is 22.8 Å². The summed E-state index contributed by atoms with van der Waals surface area (Å²) in [5.41, 5.74) is -0.603. The smallest absolute Gasteiger partial charge is 0.320 e. The molecule has 0 aromatic carbocycles. The molecule has 5 heteroatoms. The molecule has 0 fully saturated rings. The van der Waals surface area contributed by atoms with Gasteiger partial charge in [-0.3, -0.25) is 14.4 Å². The third-order valence-electron chi connectivity index (χ3n) is 4.00. The maximum atomic E-state index is 12.6. The maximum absolute atomic E-state index is 12.6. The molecule has 0 spiro atoms. The Balaban J connectivity index is 5.84. The van der Waals surface area contributed by atoms with E-state index >= 15 is 0 Å². The van der Waals surface area contributed by atoms with Crippen LogP contribution in [-0.4, -0.2) is 31.9 Å². The molecule has 0 N–H and O–H groups in total. The quantitative estimate of drug-likeness (QED) is 0.421. The number of rotatable bonds is 6. The SMILES string of the molecule is COC(=O)C(C(=O)OC)C(C(C)C(=O)/C=C/C(C)(C)C)C(C)(C)C. The molecule has 0 saturated heterocycles. The molecule has 0 amide bonds. The van der Waals surface area contributed by atoms with E-state index in [1.807, 2.05) is 47.6 Å². The Bertz CT molecular complexity index is 475. The second-order valence-electron chi connectivity index (χ2n) is 8.31. The zero-order chi connectivity index (χ0) is 19.3. The Morgan fingerprint density at radius 1 is 0.875 bits per heavy atom. The van der Waals surface area contributed by atoms with Gasteiger partial charge in [-0.25, -0.2) is 0 Å². The first-order valence-corrected chi connectivity index (χ1v) is 8.15. The van der Waals surface area contributed by atoms with E-state index in [-0.39, 0.29) is 11.2 Å². The van der Waals surface area contributed by atoms with Crippen molar-refractivity contribution >= 4 is 17.7 Å². The molecule has 0 heterocycles. The highest BCUT2D eigenvalue weighted by atomic mass is 16.5. The second kappa shape index (κ2) is 8.45. The summed E-state index contributed by atoms with van der Waals surface area (Å²) in [6.45, 7) is 13.4. The highest BCUT2D eigenvalue weighted by Crippen LogP contribution is 2.40. The lowest BCUT2D eigenvalue weighted by Gasteiger charge is -2.37. The fourth-order valence-corrected chi connectivity index (χ4v) is 2.84. The highest BCUT2D eigenvalue weighted by molar-refractivity contribution is 5.97. The normalized spacial score (nSPS) is 15.2. The Hall–Kier alpha value is -1.65. The predicted octanol–water partition coefficient (Wildman–Crippen LogP) is 3.42. The molecular formula is C19H32O5. The lowest BCUT2D eigenvalue weighted by atomic mass is 9.65. The average Bonchev–Trinajstić information content (AvgIpc) is 2.45. The monoisotopic (exact) mass is 340 g/mol. The second-order valence-corrected chi connectivity index (χ2v) is 8.31. The Morgan fingerprint density at radius 2 is 1.29 bits per heavy atom. The van der Waals surface area contributed by atoms with Crippen LogP contribution in [0.5, 0.6) is 0 Å². The number of ether oxygens (including phenoxy) is 2. The van der Waals surface area contributed by atoms with E-state index in [1.165, 1.54) is 20.3 Å². The summed E-state index contributed by atoms with van der Waals surface area (Å²) in [4.78, 5) is 37.0. The lowest BCUT2D eigenvalue weighted by Crippen LogP contribution is -2.44. The number of esters is 2. The first-order chi connectivity index (χ1) is 10.8. The van der Waals surface area contributed by atoms with Crippen molar-refractivity contribution in [2.45, 2.75) is 48.5 Å². The van der Waals surface area contributed by atoms with Crippen molar-refractivity contribution < 1.29 is 23.9 Å². The minimum Gasteiger partial charge on any atom is -0.468 e. The summed E-state index contributed by atoms with van der Waals surface area (Å²) in [6.07, 6.45) is 3.37. The van der Waals surface area contributed by atoms with Gasteiger partial charge >= 0.3 is 11.9 Å². The number of methoxy groups -OCH3 is 2. The molecule has 2 atom stereocenters. The van der Waals surface area contributed by atoms with Gasteiger partial charge in [-0.15, -0.1) is 0 Å². The molecule has 0 aromatic rings. The predicted molar refractivity (Wildman–Crippen MR) is 93.2 cm³/mol. The standard InChI is InChI=1S/C19H32O5/c1-12(13(20)10-11-18(2,3)4)15(19(5,6)7)14(16(21)23-8)17(22)24-9/h10-12,14-15H,1-9H3/b11-10+. The van der Waals surface area contributed by atoms with Gasteiger partial charge in [-0.1, -0.05) is 54.5 Å². The van der Waals surface area contributed by atoms with E-state index in [4.69, 9.17) is 9.47 Å². The number of hydrogen-bond donors (Lipinski definition) is 0. The fraction of sp³-hybridized carbons (Fsp3) is 0.737. The van der Waals surface area contributed by atoms with Crippen LogP contribution in [-0.2, 0) is 23.9 Å². The number of carbonyl (C=O) groups excluding carboxylic acids is 3. The van der Waals surface area contributed by atoms with E-state index in [2.05, 4.69) is 0 Å². The third kappa shape index (κ3) is 6.46. The molecule has 138 valence electrons. The van der Waals surface area contributed by atoms with Crippen LogP contribution in [0.3, 0.4) is 0 Å². The summed E-state index contributed by atoms with van der Waals surface area (Å²) in [5.74, 6) is -3.70. The van der Waals surface area contributed by atoms with Crippen molar-refractivity contribution in [3.8, 4) is 0 Å². The van der Waals surface area contributed by atoms with Crippen LogP contribution in [0.25, 0.3) is 0 Å². The molecule has 24 heavy (non-hydrogen) atoms. The van der Waals surface area contributed by atoms with Crippen molar-refractivity contribution in [1.82, 2.24) is 0 Å². The number of carbonyl (C=O) groups is 3. The first-order valence-electron chi connectivity index (χ1n) is 8.15. The molecule has 0 rings (SSSR count). The van der Waals surface area contributed by atoms with Crippen LogP contribution < -0.4 is 0 Å². The molecule has 0 saturated carbocycles. The Labute approximate surface area is 145 Å². The minimum atomic E-state index is -1.14. The molecule has 2 unspecified atom stereocenters. The van der Waals surface area contributed by atoms with Gasteiger partial charge in [-0.2, -0.15) is 0 Å². The van der Waals surface area contributed by atoms with Crippen LogP contribution in [0.1, 0.15) is 48.5 Å². The molecule has 0 aliphatic rings. The zero-order valence-corrected chi connectivity index (χ0v) is 16.4. The van der Waals surface area contributed by atoms with E-state index in [0.29, 0.717) is 0 Å². The molecular weight excluding hydrogens is 308 g/mol. The van der Waals surface area contributed by atoms with Gasteiger partial charge in [0.1, 0.15) is 0 Å². The van der Waals surface area contributed by atoms with Crippen molar-refractivity contribution in [1.29, 1.82) is 0 Å². The number of hydrogen-bond acceptors (Lipinski definition) is 5. The van der Waals surface area contributed by atoms with E-state index < -0.39 is 35.1 Å². The molecule has 0 aliphatic heterocycles. The summed E-state index contributed by atoms with van der Waals surface area (Å²) < 4.78 is 9.57. The zero-order valence-electron chi connectivity index (χ0n) is 16.4. The van der Waals surface area contributed by atoms with Crippen LogP contribution >= 0.6 is 0 Å². The van der Waals surface area contributed by atoms with Gasteiger partial charge in [0, 0.05) is 5.92 Å². The number of allylic oxidation sites excluding steroid dienone is 2. The van der Waals surface area contributed by atoms with Crippen molar-refractivity contribution in [3.63, 3.8) is 0 Å². The Morgan fingerprint density at radius 3 is 1.58 bits per heavy atom. The van der Waals surface area contributed by atoms with Gasteiger partial charge in [0.25, 0.3) is 0 Å². The molecule has 5 nitrogen and oxygen atoms in total. The molecule has 0 radical (unpaired) electrons.